The van der Waals surface area contributed by atoms with Gasteiger partial charge < -0.3 is 25.2 Å². The van der Waals surface area contributed by atoms with Crippen LogP contribution in [0, 0.1) is 0 Å². The number of aliphatic carboxylic acids is 1. The number of nitrogens with zero attached hydrogens (tertiary/aromatic N) is 1. The highest BCUT2D eigenvalue weighted by atomic mass is 16.5. The van der Waals surface area contributed by atoms with E-state index in [1.807, 2.05) is 0 Å². The van der Waals surface area contributed by atoms with Crippen LogP contribution in [0.4, 0.5) is 4.79 Å². The van der Waals surface area contributed by atoms with Crippen molar-refractivity contribution in [2.45, 2.75) is 12.5 Å². The number of methoxy groups -OCH3 is 1. The molecule has 3 N–H and O–H groups in total. The lowest BCUT2D eigenvalue weighted by atomic mass is 10.2. The maximum Gasteiger partial charge on any atom is 0.326 e. The highest BCUT2D eigenvalue weighted by Gasteiger charge is 2.22. The zero-order valence-electron chi connectivity index (χ0n) is 10.5. The molecular weight excluding hydrogens is 240 g/mol. The first-order valence-electron chi connectivity index (χ1n) is 5.55. The zero-order valence-corrected chi connectivity index (χ0v) is 10.5. The number of nitrogens with one attached hydrogen (secondary N) is 1. The summed E-state index contributed by atoms with van der Waals surface area (Å²) in [7, 11) is 1.45. The minimum absolute atomic E-state index is 0.120. The number of carboxylic acid groups (broad SMARTS) is 1. The number of carbonyl (C=O) groups is 2. The van der Waals surface area contributed by atoms with Gasteiger partial charge in [-0.15, -0.1) is 6.58 Å². The van der Waals surface area contributed by atoms with E-state index in [1.54, 1.807) is 0 Å². The molecule has 1 atom stereocenters. The monoisotopic (exact) mass is 260 g/mol. The van der Waals surface area contributed by atoms with Crippen molar-refractivity contribution in [2.75, 3.05) is 33.4 Å². The molecule has 0 aromatic carbocycles. The van der Waals surface area contributed by atoms with Gasteiger partial charge in [0.15, 0.2) is 0 Å². The lowest BCUT2D eigenvalue weighted by molar-refractivity contribution is -0.139. The van der Waals surface area contributed by atoms with E-state index in [-0.39, 0.29) is 32.7 Å². The summed E-state index contributed by atoms with van der Waals surface area (Å²) in [6, 6.07) is -1.56. The topological polar surface area (TPSA) is 99.1 Å². The maximum atomic E-state index is 11.8. The summed E-state index contributed by atoms with van der Waals surface area (Å²) in [5.41, 5.74) is 0. The third-order valence-corrected chi connectivity index (χ3v) is 2.21. The quantitative estimate of drug-likeness (QED) is 0.493. The normalized spacial score (nSPS) is 11.7. The van der Waals surface area contributed by atoms with Gasteiger partial charge >= 0.3 is 12.0 Å². The lowest BCUT2D eigenvalue weighted by Gasteiger charge is -2.23. The van der Waals surface area contributed by atoms with E-state index in [9.17, 15) is 9.59 Å². The van der Waals surface area contributed by atoms with Crippen molar-refractivity contribution in [3.63, 3.8) is 0 Å². The third kappa shape index (κ3) is 6.21. The molecule has 0 aromatic rings. The largest absolute Gasteiger partial charge is 0.480 e. The molecule has 0 aliphatic rings. The van der Waals surface area contributed by atoms with Gasteiger partial charge in [-0.3, -0.25) is 0 Å². The van der Waals surface area contributed by atoms with E-state index in [4.69, 9.17) is 14.9 Å². The van der Waals surface area contributed by atoms with E-state index in [0.717, 1.165) is 0 Å². The van der Waals surface area contributed by atoms with Crippen LogP contribution < -0.4 is 5.32 Å². The van der Waals surface area contributed by atoms with Crippen molar-refractivity contribution in [3.05, 3.63) is 12.7 Å². The van der Waals surface area contributed by atoms with Gasteiger partial charge in [-0.2, -0.15) is 0 Å². The second-order valence-electron chi connectivity index (χ2n) is 3.58. The summed E-state index contributed by atoms with van der Waals surface area (Å²) in [5.74, 6) is -1.12. The first-order chi connectivity index (χ1) is 8.56. The summed E-state index contributed by atoms with van der Waals surface area (Å²) in [5, 5.41) is 20.1. The van der Waals surface area contributed by atoms with Gasteiger partial charge in [0.05, 0.1) is 6.61 Å². The molecule has 0 rings (SSSR count). The Bertz CT molecular complexity index is 283. The molecule has 7 heteroatoms. The highest BCUT2D eigenvalue weighted by molar-refractivity contribution is 5.82. The third-order valence-electron chi connectivity index (χ3n) is 2.21. The molecule has 0 aromatic heterocycles. The predicted molar refractivity (Wildman–Crippen MR) is 65.3 cm³/mol. The van der Waals surface area contributed by atoms with Crippen molar-refractivity contribution in [1.82, 2.24) is 10.2 Å². The zero-order chi connectivity index (χ0) is 14.0. The fourth-order valence-electron chi connectivity index (χ4n) is 1.29. The van der Waals surface area contributed by atoms with Crippen LogP contribution in [0.25, 0.3) is 0 Å². The Kier molecular flexibility index (Phi) is 8.59. The summed E-state index contributed by atoms with van der Waals surface area (Å²) in [4.78, 5) is 23.9. The van der Waals surface area contributed by atoms with Crippen LogP contribution in [0.5, 0.6) is 0 Å². The average molecular weight is 260 g/mol. The lowest BCUT2D eigenvalue weighted by Crippen LogP contribution is -2.49. The molecule has 0 saturated heterocycles. The van der Waals surface area contributed by atoms with Crippen LogP contribution in [0.15, 0.2) is 12.7 Å². The van der Waals surface area contributed by atoms with Crippen LogP contribution in [0.3, 0.4) is 0 Å². The van der Waals surface area contributed by atoms with Crippen molar-refractivity contribution in [2.24, 2.45) is 0 Å². The Morgan fingerprint density at radius 2 is 2.22 bits per heavy atom. The van der Waals surface area contributed by atoms with Crippen LogP contribution in [0.2, 0.25) is 0 Å². The number of hydrogen-bond donors (Lipinski definition) is 3. The van der Waals surface area contributed by atoms with E-state index in [2.05, 4.69) is 11.9 Å². The Morgan fingerprint density at radius 1 is 1.56 bits per heavy atom. The number of urea groups is 1. The van der Waals surface area contributed by atoms with Crippen molar-refractivity contribution < 1.29 is 24.5 Å². The number of rotatable bonds is 9. The number of amides is 2. The van der Waals surface area contributed by atoms with Gasteiger partial charge in [-0.05, 0) is 0 Å². The van der Waals surface area contributed by atoms with Gasteiger partial charge in [0.1, 0.15) is 6.04 Å². The van der Waals surface area contributed by atoms with Crippen LogP contribution in [-0.2, 0) is 9.53 Å². The molecule has 0 aliphatic heterocycles. The first-order valence-corrected chi connectivity index (χ1v) is 5.55. The molecule has 0 aliphatic carbocycles. The van der Waals surface area contributed by atoms with E-state index in [0.29, 0.717) is 0 Å². The number of carboxylic acids is 1. The molecule has 0 fully saturated rings. The Morgan fingerprint density at radius 3 is 2.67 bits per heavy atom. The Balaban J connectivity index is 4.44. The van der Waals surface area contributed by atoms with Gasteiger partial charge in [-0.25, -0.2) is 9.59 Å². The SMILES string of the molecule is C=CCN(CCO)C(=O)NC(CCOC)C(=O)O. The smallest absolute Gasteiger partial charge is 0.326 e. The molecule has 0 heterocycles. The molecule has 0 radical (unpaired) electrons. The van der Waals surface area contributed by atoms with Crippen LogP contribution in [-0.4, -0.2) is 66.6 Å². The fraction of sp³-hybridized carbons (Fsp3) is 0.636. The van der Waals surface area contributed by atoms with Gasteiger partial charge in [0.25, 0.3) is 0 Å². The molecule has 2 amide bonds. The molecule has 7 nitrogen and oxygen atoms in total. The summed E-state index contributed by atoms with van der Waals surface area (Å²) in [6.45, 7) is 3.89. The van der Waals surface area contributed by atoms with Gasteiger partial charge in [-0.1, -0.05) is 6.08 Å². The number of aliphatic hydroxyl groups is 1. The molecule has 1 unspecified atom stereocenters. The van der Waals surface area contributed by atoms with E-state index >= 15 is 0 Å². The van der Waals surface area contributed by atoms with Crippen molar-refractivity contribution in [3.8, 4) is 0 Å². The highest BCUT2D eigenvalue weighted by Crippen LogP contribution is 1.97. The predicted octanol–water partition coefficient (Wildman–Crippen LogP) is -0.334. The number of ether oxygens (including phenoxy) is 1. The number of carbonyl (C=O) groups excluding carboxylic acids is 1. The minimum Gasteiger partial charge on any atom is -0.480 e. The number of hydrogen-bond acceptors (Lipinski definition) is 4. The Labute approximate surface area is 106 Å². The second-order valence-corrected chi connectivity index (χ2v) is 3.58. The summed E-state index contributed by atoms with van der Waals surface area (Å²) >= 11 is 0. The minimum atomic E-state index is -1.12. The average Bonchev–Trinajstić information content (AvgIpc) is 2.33. The van der Waals surface area contributed by atoms with Gasteiger partial charge in [0.2, 0.25) is 0 Å². The fourth-order valence-corrected chi connectivity index (χ4v) is 1.29. The van der Waals surface area contributed by atoms with Crippen molar-refractivity contribution >= 4 is 12.0 Å². The molecule has 0 spiro atoms. The van der Waals surface area contributed by atoms with E-state index < -0.39 is 18.0 Å². The second kappa shape index (κ2) is 9.43. The maximum absolute atomic E-state index is 11.8. The summed E-state index contributed by atoms with van der Waals surface area (Å²) < 4.78 is 4.78. The molecule has 0 bridgehead atoms. The first kappa shape index (κ1) is 16.4. The molecule has 104 valence electrons. The molecule has 18 heavy (non-hydrogen) atoms. The standard InChI is InChI=1S/C11H20N2O5/c1-3-5-13(6-7-14)11(17)12-9(10(15)16)4-8-18-2/h3,9,14H,1,4-8H2,2H3,(H,12,17)(H,15,16). The summed E-state index contributed by atoms with van der Waals surface area (Å²) in [6.07, 6.45) is 1.68. The molecular formula is C11H20N2O5. The Hall–Kier alpha value is -1.60. The van der Waals surface area contributed by atoms with Crippen LogP contribution >= 0.6 is 0 Å². The number of aliphatic hydroxyl groups excluding tert-OH is 1. The van der Waals surface area contributed by atoms with Crippen molar-refractivity contribution in [1.29, 1.82) is 0 Å². The van der Waals surface area contributed by atoms with Gasteiger partial charge in [0, 0.05) is 33.2 Å². The van der Waals surface area contributed by atoms with Crippen LogP contribution in [0.1, 0.15) is 6.42 Å². The van der Waals surface area contributed by atoms with E-state index in [1.165, 1.54) is 18.1 Å². The molecule has 0 saturated carbocycles.